The zero-order valence-electron chi connectivity index (χ0n) is 40.3. The Morgan fingerprint density at radius 1 is 0.539 bits per heavy atom. The van der Waals surface area contributed by atoms with Crippen molar-refractivity contribution in [1.82, 2.24) is 9.97 Å². The van der Waals surface area contributed by atoms with Gasteiger partial charge in [-0.05, 0) is 96.9 Å². The van der Waals surface area contributed by atoms with E-state index in [2.05, 4.69) is 56.2 Å². The van der Waals surface area contributed by atoms with Crippen molar-refractivity contribution in [2.75, 3.05) is 0 Å². The minimum Gasteiger partial charge on any atom is -0.537 e. The number of hydrogen-bond acceptors (Lipinski definition) is 6. The smallest absolute Gasteiger partial charge is 0.537 e. The third-order valence-corrected chi connectivity index (χ3v) is 12.4. The maximum absolute atomic E-state index is 14.6. The Morgan fingerprint density at radius 3 is 1.28 bits per heavy atom. The Hall–Kier alpha value is -6.61. The Morgan fingerprint density at radius 2 is 0.934 bits per heavy atom. The fourth-order valence-electron chi connectivity index (χ4n) is 8.50. The molecular weight excluding hydrogens is 1050 g/mol. The molecule has 2 heterocycles. The molecule has 8 rings (SSSR count). The van der Waals surface area contributed by atoms with Crippen LogP contribution in [0.1, 0.15) is 100 Å². The van der Waals surface area contributed by atoms with Crippen molar-refractivity contribution >= 4 is 30.4 Å². The first-order chi connectivity index (χ1) is 36.0. The second-order valence-electron chi connectivity index (χ2n) is 17.6. The Bertz CT molecular complexity index is 2950. The van der Waals surface area contributed by atoms with Crippen LogP contribution in [0, 0.1) is 70.0 Å². The van der Waals surface area contributed by atoms with Crippen molar-refractivity contribution in [2.45, 2.75) is 90.3 Å². The van der Waals surface area contributed by atoms with Gasteiger partial charge in [0.15, 0.2) is 34.9 Å². The molecule has 1 N–H and O–H groups in total. The van der Waals surface area contributed by atoms with Crippen LogP contribution >= 0.6 is 11.6 Å². The van der Waals surface area contributed by atoms with Crippen molar-refractivity contribution in [3.05, 3.63) is 183 Å². The Labute approximate surface area is 433 Å². The van der Waals surface area contributed by atoms with Crippen molar-refractivity contribution < 1.29 is 80.6 Å². The van der Waals surface area contributed by atoms with Crippen molar-refractivity contribution in [3.63, 3.8) is 0 Å². The fourth-order valence-corrected chi connectivity index (χ4v) is 8.61. The molecule has 2 aliphatic rings. The molecule has 6 aromatic rings. The third-order valence-electron chi connectivity index (χ3n) is 12.2. The predicted molar refractivity (Wildman–Crippen MR) is 256 cm³/mol. The first kappa shape index (κ1) is 58.7. The van der Waals surface area contributed by atoms with E-state index in [1.807, 2.05) is 12.3 Å². The summed E-state index contributed by atoms with van der Waals surface area (Å²) in [5.41, 5.74) is 1.13. The van der Waals surface area contributed by atoms with Gasteiger partial charge in [-0.1, -0.05) is 75.4 Å². The summed E-state index contributed by atoms with van der Waals surface area (Å²) in [7, 11) is 0.0621. The number of aromatic nitrogens is 2. The van der Waals surface area contributed by atoms with E-state index in [1.54, 1.807) is 18.3 Å². The van der Waals surface area contributed by atoms with Gasteiger partial charge in [0.25, 0.3) is 0 Å². The maximum Gasteiger partial charge on any atom is 0.569 e. The molecule has 0 bridgehead atoms. The molecule has 6 nitrogen and oxygen atoms in total. The minimum atomic E-state index is -4.69. The number of benzene rings is 4. The number of halogens is 15. The standard InChI is InChI=1S/C27H22F7NO.C14H18ClN.C13H5BF7O3/c1-2-3-15-4-6-16(7-5-15)17-8-9-24(35-14-17)18-10-20(28)25(21(29)11-18)27(33,34)36-19-12-22(30)26(32)23(31)13-19;1-2-3-11-4-6-12(7-5-11)13-8-9-14(15)16-10-13;15-7-3-6(24-14-22)4-8(16)11(7)13(20,21)23-5-1-9(17)12(19)10(18)2-5/h6,8-15H,2-5,7H2,1H3;6,8-11H,2-5,7H2,1H3;1-4,22H. The molecule has 0 aliphatic heterocycles. The molecule has 2 unspecified atom stereocenters. The van der Waals surface area contributed by atoms with Crippen LogP contribution in [0.15, 0.2) is 97.3 Å². The fraction of sp³-hybridized carbons (Fsp3) is 0.296. The van der Waals surface area contributed by atoms with Gasteiger partial charge < -0.3 is 19.2 Å². The van der Waals surface area contributed by atoms with Gasteiger partial charge in [0, 0.05) is 54.4 Å². The monoisotopic (exact) mass is 1100 g/mol. The highest BCUT2D eigenvalue weighted by Gasteiger charge is 2.43. The number of alkyl halides is 4. The molecular formula is C54H45BClF14N2O4. The topological polar surface area (TPSA) is 73.7 Å². The van der Waals surface area contributed by atoms with Crippen LogP contribution in [0.25, 0.3) is 22.4 Å². The molecule has 4 aromatic carbocycles. The molecule has 403 valence electrons. The van der Waals surface area contributed by atoms with Crippen LogP contribution in [0.2, 0.25) is 5.15 Å². The van der Waals surface area contributed by atoms with Crippen molar-refractivity contribution in [1.29, 1.82) is 0 Å². The number of hydrogen-bond donors (Lipinski definition) is 1. The van der Waals surface area contributed by atoms with Crippen LogP contribution in [0.5, 0.6) is 17.2 Å². The highest BCUT2D eigenvalue weighted by Crippen LogP contribution is 2.40. The van der Waals surface area contributed by atoms with E-state index in [0.29, 0.717) is 35.3 Å². The maximum atomic E-state index is 14.6. The molecule has 0 amide bonds. The first-order valence-corrected chi connectivity index (χ1v) is 23.9. The molecule has 0 saturated heterocycles. The van der Waals surface area contributed by atoms with Gasteiger partial charge in [0.2, 0.25) is 0 Å². The van der Waals surface area contributed by atoms with Crippen LogP contribution in [-0.2, 0) is 12.2 Å². The molecule has 76 heavy (non-hydrogen) atoms. The summed E-state index contributed by atoms with van der Waals surface area (Å²) in [6.07, 6.45) is 10.4. The molecule has 22 heteroatoms. The van der Waals surface area contributed by atoms with E-state index >= 15 is 0 Å². The summed E-state index contributed by atoms with van der Waals surface area (Å²) in [5, 5.41) is 8.91. The SMILES string of the molecule is CCCC1CC=C(c2ccc(-c3cc(F)c(C(F)(F)Oc4cc(F)c(F)c(F)c4)c(F)c3)nc2)CC1.CCCC1CC=C(c2ccc(Cl)nc2)CC1.O[B]Oc1cc(F)c(C(F)(F)Oc2cc(F)c(F)c(F)c2)c(F)c1. The van der Waals surface area contributed by atoms with Crippen molar-refractivity contribution in [2.24, 2.45) is 11.8 Å². The van der Waals surface area contributed by atoms with Gasteiger partial charge in [-0.2, -0.15) is 17.6 Å². The van der Waals surface area contributed by atoms with E-state index in [9.17, 15) is 61.5 Å². The van der Waals surface area contributed by atoms with Gasteiger partial charge >= 0.3 is 19.9 Å². The van der Waals surface area contributed by atoms with Gasteiger partial charge in [0.05, 0.1) is 5.69 Å². The first-order valence-electron chi connectivity index (χ1n) is 23.5. The largest absolute Gasteiger partial charge is 0.569 e. The Balaban J connectivity index is 0.000000201. The predicted octanol–water partition coefficient (Wildman–Crippen LogP) is 16.7. The number of allylic oxidation sites excluding steroid dienone is 4. The molecule has 2 aliphatic carbocycles. The molecule has 0 fully saturated rings. The minimum absolute atomic E-state index is 0.0621. The quantitative estimate of drug-likeness (QED) is 0.0478. The second kappa shape index (κ2) is 26.0. The number of pyridine rings is 2. The summed E-state index contributed by atoms with van der Waals surface area (Å²) in [5.74, 6) is -19.4. The van der Waals surface area contributed by atoms with Gasteiger partial charge in [0.1, 0.15) is 56.8 Å². The molecule has 2 aromatic heterocycles. The lowest BCUT2D eigenvalue weighted by atomic mass is 9.85. The van der Waals surface area contributed by atoms with Crippen LogP contribution in [0.4, 0.5) is 61.5 Å². The zero-order valence-corrected chi connectivity index (χ0v) is 41.0. The molecule has 0 spiro atoms. The lowest BCUT2D eigenvalue weighted by molar-refractivity contribution is -0.190. The zero-order chi connectivity index (χ0) is 55.5. The summed E-state index contributed by atoms with van der Waals surface area (Å²) in [6, 6.07) is 9.66. The lowest BCUT2D eigenvalue weighted by Crippen LogP contribution is -2.25. The molecule has 2 atom stereocenters. The highest BCUT2D eigenvalue weighted by molar-refractivity contribution is 6.29. The average molecular weight is 1100 g/mol. The van der Waals surface area contributed by atoms with E-state index in [1.165, 1.54) is 49.7 Å². The van der Waals surface area contributed by atoms with Crippen LogP contribution in [0.3, 0.4) is 0 Å². The second-order valence-corrected chi connectivity index (χ2v) is 17.9. The number of rotatable bonds is 15. The van der Waals surface area contributed by atoms with Crippen LogP contribution < -0.4 is 14.1 Å². The summed E-state index contributed by atoms with van der Waals surface area (Å²) >= 11 is 5.78. The molecule has 0 saturated carbocycles. The molecule has 1 radical (unpaired) electrons. The van der Waals surface area contributed by atoms with E-state index < -0.39 is 98.8 Å². The summed E-state index contributed by atoms with van der Waals surface area (Å²) in [4.78, 5) is 8.37. The van der Waals surface area contributed by atoms with Crippen molar-refractivity contribution in [3.8, 4) is 28.5 Å². The number of ether oxygens (including phenoxy) is 2. The van der Waals surface area contributed by atoms with Gasteiger partial charge in [-0.3, -0.25) is 4.98 Å². The normalized spacial score (nSPS) is 15.6. The summed E-state index contributed by atoms with van der Waals surface area (Å²) in [6.45, 7) is 4.42. The van der Waals surface area contributed by atoms with Gasteiger partial charge in [-0.25, -0.2) is 48.9 Å². The lowest BCUT2D eigenvalue weighted by Gasteiger charge is -2.21. The third kappa shape index (κ3) is 15.1. The highest BCUT2D eigenvalue weighted by atomic mass is 35.5. The summed E-state index contributed by atoms with van der Waals surface area (Å²) < 4.78 is 204. The Kier molecular flexibility index (Phi) is 20.0. The van der Waals surface area contributed by atoms with Crippen LogP contribution in [-0.4, -0.2) is 22.7 Å². The van der Waals surface area contributed by atoms with Gasteiger partial charge in [-0.15, -0.1) is 0 Å². The van der Waals surface area contributed by atoms with E-state index in [4.69, 9.17) is 16.6 Å². The van der Waals surface area contributed by atoms with E-state index in [-0.39, 0.29) is 43.2 Å². The van der Waals surface area contributed by atoms with E-state index in [0.717, 1.165) is 42.7 Å². The average Bonchev–Trinajstić information content (AvgIpc) is 3.35. The number of nitrogens with zero attached hydrogens (tertiary/aromatic N) is 2.